The fraction of sp³-hybridized carbons (Fsp3) is 0.417. The van der Waals surface area contributed by atoms with Gasteiger partial charge < -0.3 is 10.4 Å². The highest BCUT2D eigenvalue weighted by atomic mass is 79.9. The minimum Gasteiger partial charge on any atom is -0.396 e. The summed E-state index contributed by atoms with van der Waals surface area (Å²) in [6.45, 7) is 2.29. The van der Waals surface area contributed by atoms with Crippen LogP contribution in [0, 0.1) is 17.6 Å². The molecule has 0 fully saturated rings. The van der Waals surface area contributed by atoms with Gasteiger partial charge in [-0.15, -0.1) is 0 Å². The molecule has 1 aromatic rings. The number of benzene rings is 1. The van der Waals surface area contributed by atoms with E-state index in [1.165, 1.54) is 0 Å². The Morgan fingerprint density at radius 1 is 1.44 bits per heavy atom. The number of amides is 1. The van der Waals surface area contributed by atoms with Crippen molar-refractivity contribution in [1.82, 2.24) is 5.32 Å². The molecule has 2 N–H and O–H groups in total. The number of hydrogen-bond donors (Lipinski definition) is 2. The zero-order valence-electron chi connectivity index (χ0n) is 9.84. The summed E-state index contributed by atoms with van der Waals surface area (Å²) in [7, 11) is 0. The summed E-state index contributed by atoms with van der Waals surface area (Å²) < 4.78 is 26.1. The van der Waals surface area contributed by atoms with Crippen LogP contribution in [0.2, 0.25) is 0 Å². The Balaban J connectivity index is 2.70. The van der Waals surface area contributed by atoms with E-state index in [9.17, 15) is 13.6 Å². The van der Waals surface area contributed by atoms with Crippen molar-refractivity contribution >= 4 is 21.8 Å². The Bertz CT molecular complexity index is 440. The summed E-state index contributed by atoms with van der Waals surface area (Å²) in [5.74, 6) is -2.44. The average Bonchev–Trinajstić information content (AvgIpc) is 2.31. The second-order valence-corrected chi connectivity index (χ2v) is 4.93. The van der Waals surface area contributed by atoms with Crippen LogP contribution in [0.5, 0.6) is 0 Å². The third-order valence-corrected chi connectivity index (χ3v) is 3.14. The van der Waals surface area contributed by atoms with Gasteiger partial charge in [0, 0.05) is 17.6 Å². The molecule has 100 valence electrons. The maximum atomic E-state index is 13.0. The molecule has 1 unspecified atom stereocenters. The molecule has 1 atom stereocenters. The van der Waals surface area contributed by atoms with E-state index in [0.717, 1.165) is 12.1 Å². The molecule has 18 heavy (non-hydrogen) atoms. The summed E-state index contributed by atoms with van der Waals surface area (Å²) >= 11 is 3.01. The summed E-state index contributed by atoms with van der Waals surface area (Å²) in [5, 5.41) is 11.3. The molecular formula is C12H14BrF2NO2. The third-order valence-electron chi connectivity index (χ3n) is 2.49. The molecular weight excluding hydrogens is 308 g/mol. The lowest BCUT2D eigenvalue weighted by Crippen LogP contribution is -2.29. The highest BCUT2D eigenvalue weighted by Crippen LogP contribution is 2.20. The van der Waals surface area contributed by atoms with Crippen molar-refractivity contribution in [2.24, 2.45) is 5.92 Å². The van der Waals surface area contributed by atoms with E-state index >= 15 is 0 Å². The first-order valence-electron chi connectivity index (χ1n) is 5.49. The minimum atomic E-state index is -1.06. The Kier molecular flexibility index (Phi) is 5.68. The number of carbonyl (C=O) groups excluding carboxylic acids is 1. The monoisotopic (exact) mass is 321 g/mol. The molecule has 0 saturated heterocycles. The molecule has 6 heteroatoms. The van der Waals surface area contributed by atoms with Gasteiger partial charge in [0.2, 0.25) is 0 Å². The van der Waals surface area contributed by atoms with Crippen LogP contribution < -0.4 is 5.32 Å². The first-order chi connectivity index (χ1) is 8.45. The van der Waals surface area contributed by atoms with Crippen molar-refractivity contribution in [3.63, 3.8) is 0 Å². The van der Waals surface area contributed by atoms with Gasteiger partial charge in [0.15, 0.2) is 11.6 Å². The summed E-state index contributed by atoms with van der Waals surface area (Å²) in [6, 6.07) is 1.77. The van der Waals surface area contributed by atoms with Crippen LogP contribution in [-0.4, -0.2) is 24.2 Å². The van der Waals surface area contributed by atoms with E-state index in [1.54, 1.807) is 0 Å². The van der Waals surface area contributed by atoms with Crippen molar-refractivity contribution in [2.75, 3.05) is 13.2 Å². The van der Waals surface area contributed by atoms with Crippen molar-refractivity contribution in [3.05, 3.63) is 33.8 Å². The zero-order chi connectivity index (χ0) is 13.7. The van der Waals surface area contributed by atoms with Crippen LogP contribution in [0.1, 0.15) is 23.7 Å². The van der Waals surface area contributed by atoms with Gasteiger partial charge in [0.1, 0.15) is 0 Å². The third kappa shape index (κ3) is 4.03. The van der Waals surface area contributed by atoms with E-state index in [2.05, 4.69) is 21.2 Å². The highest BCUT2D eigenvalue weighted by Gasteiger charge is 2.15. The number of nitrogens with one attached hydrogen (secondary N) is 1. The standard InChI is InChI=1S/C12H14BrF2NO2/c1-7(2-3-17)6-16-12(18)8-4-10(14)11(15)5-9(8)13/h4-5,7,17H,2-3,6H2,1H3,(H,16,18). The minimum absolute atomic E-state index is 0.0464. The first-order valence-corrected chi connectivity index (χ1v) is 6.28. The largest absolute Gasteiger partial charge is 0.396 e. The molecule has 1 rings (SSSR count). The lowest BCUT2D eigenvalue weighted by Gasteiger charge is -2.12. The number of aliphatic hydroxyl groups excluding tert-OH is 1. The van der Waals surface area contributed by atoms with Gasteiger partial charge in [-0.2, -0.15) is 0 Å². The molecule has 3 nitrogen and oxygen atoms in total. The number of carbonyl (C=O) groups is 1. The predicted molar refractivity (Wildman–Crippen MR) is 67.3 cm³/mol. The number of rotatable bonds is 5. The van der Waals surface area contributed by atoms with Gasteiger partial charge in [-0.1, -0.05) is 6.92 Å². The summed E-state index contributed by atoms with van der Waals surface area (Å²) in [6.07, 6.45) is 0.569. The van der Waals surface area contributed by atoms with Gasteiger partial charge in [0.25, 0.3) is 5.91 Å². The number of hydrogen-bond acceptors (Lipinski definition) is 2. The van der Waals surface area contributed by atoms with E-state index < -0.39 is 17.5 Å². The quantitative estimate of drug-likeness (QED) is 0.818. The topological polar surface area (TPSA) is 49.3 Å². The molecule has 1 amide bonds. The SMILES string of the molecule is CC(CCO)CNC(=O)c1cc(F)c(F)cc1Br. The average molecular weight is 322 g/mol. The molecule has 1 aromatic carbocycles. The molecule has 0 aliphatic heterocycles. The molecule has 0 heterocycles. The Hall–Kier alpha value is -1.01. The fourth-order valence-corrected chi connectivity index (χ4v) is 1.88. The Morgan fingerprint density at radius 3 is 2.67 bits per heavy atom. The van der Waals surface area contributed by atoms with E-state index in [4.69, 9.17) is 5.11 Å². The zero-order valence-corrected chi connectivity index (χ0v) is 11.4. The van der Waals surface area contributed by atoms with E-state index in [1.807, 2.05) is 6.92 Å². The van der Waals surface area contributed by atoms with E-state index in [-0.39, 0.29) is 22.6 Å². The van der Waals surface area contributed by atoms with Gasteiger partial charge >= 0.3 is 0 Å². The molecule has 0 bridgehead atoms. The van der Waals surface area contributed by atoms with Crippen molar-refractivity contribution in [3.8, 4) is 0 Å². The summed E-state index contributed by atoms with van der Waals surface area (Å²) in [4.78, 5) is 11.7. The lowest BCUT2D eigenvalue weighted by atomic mass is 10.1. The van der Waals surface area contributed by atoms with Gasteiger partial charge in [-0.05, 0) is 40.4 Å². The predicted octanol–water partition coefficient (Wildman–Crippen LogP) is 2.48. The van der Waals surface area contributed by atoms with Crippen LogP contribution in [0.25, 0.3) is 0 Å². The lowest BCUT2D eigenvalue weighted by molar-refractivity contribution is 0.0944. The van der Waals surface area contributed by atoms with E-state index in [0.29, 0.717) is 13.0 Å². The first kappa shape index (κ1) is 15.0. The highest BCUT2D eigenvalue weighted by molar-refractivity contribution is 9.10. The second-order valence-electron chi connectivity index (χ2n) is 4.07. The van der Waals surface area contributed by atoms with Crippen molar-refractivity contribution in [1.29, 1.82) is 0 Å². The van der Waals surface area contributed by atoms with Crippen LogP contribution in [-0.2, 0) is 0 Å². The van der Waals surface area contributed by atoms with Gasteiger partial charge in [-0.25, -0.2) is 8.78 Å². The molecule has 0 aliphatic rings. The molecule has 0 aliphatic carbocycles. The Morgan fingerprint density at radius 2 is 2.06 bits per heavy atom. The molecule has 0 spiro atoms. The maximum Gasteiger partial charge on any atom is 0.252 e. The molecule has 0 aromatic heterocycles. The Labute approximate surface area is 112 Å². The normalized spacial score (nSPS) is 12.3. The van der Waals surface area contributed by atoms with Crippen LogP contribution in [0.15, 0.2) is 16.6 Å². The van der Waals surface area contributed by atoms with Crippen LogP contribution in [0.3, 0.4) is 0 Å². The van der Waals surface area contributed by atoms with Gasteiger partial charge in [-0.3, -0.25) is 4.79 Å². The summed E-state index contributed by atoms with van der Waals surface area (Å²) in [5.41, 5.74) is 0.0464. The maximum absolute atomic E-state index is 13.0. The smallest absolute Gasteiger partial charge is 0.252 e. The molecule has 0 saturated carbocycles. The number of aliphatic hydroxyl groups is 1. The fourth-order valence-electron chi connectivity index (χ4n) is 1.38. The van der Waals surface area contributed by atoms with Crippen molar-refractivity contribution in [2.45, 2.75) is 13.3 Å². The van der Waals surface area contributed by atoms with Crippen LogP contribution in [0.4, 0.5) is 8.78 Å². The van der Waals surface area contributed by atoms with Crippen LogP contribution >= 0.6 is 15.9 Å². The second kappa shape index (κ2) is 6.80. The van der Waals surface area contributed by atoms with Crippen molar-refractivity contribution < 1.29 is 18.7 Å². The number of halogens is 3. The van der Waals surface area contributed by atoms with Gasteiger partial charge in [0.05, 0.1) is 5.56 Å². The molecule has 0 radical (unpaired) electrons.